The summed E-state index contributed by atoms with van der Waals surface area (Å²) in [4.78, 5) is 17.7. The Morgan fingerprint density at radius 2 is 1.79 bits per heavy atom. The van der Waals surface area contributed by atoms with E-state index in [0.717, 1.165) is 28.5 Å². The van der Waals surface area contributed by atoms with Crippen molar-refractivity contribution < 1.29 is 4.74 Å². The minimum Gasteiger partial charge on any atom is -0.481 e. The maximum absolute atomic E-state index is 13.2. The van der Waals surface area contributed by atoms with Gasteiger partial charge < -0.3 is 4.74 Å². The molecule has 0 N–H and O–H groups in total. The molecule has 0 saturated carbocycles. The molecular weight excluding hydrogens is 408 g/mol. The smallest absolute Gasteiger partial charge is 0.348 e. The summed E-state index contributed by atoms with van der Waals surface area (Å²) < 4.78 is 7.40. The molecule has 0 amide bonds. The highest BCUT2D eigenvalue weighted by Crippen LogP contribution is 2.30. The van der Waals surface area contributed by atoms with Gasteiger partial charge >= 0.3 is 5.69 Å². The van der Waals surface area contributed by atoms with Gasteiger partial charge in [0.2, 0.25) is 0 Å². The van der Waals surface area contributed by atoms with Crippen LogP contribution in [0.3, 0.4) is 0 Å². The third-order valence-corrected chi connectivity index (χ3v) is 5.87. The quantitative estimate of drug-likeness (QED) is 0.344. The molecule has 0 fully saturated rings. The second kappa shape index (κ2) is 9.75. The summed E-state index contributed by atoms with van der Waals surface area (Å²) in [5.41, 5.74) is 5.64. The fraction of sp³-hybridized carbons (Fsp3) is 0.241. The lowest BCUT2D eigenvalue weighted by atomic mass is 9.99. The molecule has 0 bridgehead atoms. The molecule has 4 heteroatoms. The Bertz CT molecular complexity index is 1380. The van der Waals surface area contributed by atoms with Crippen LogP contribution in [0.2, 0.25) is 0 Å². The van der Waals surface area contributed by atoms with Crippen LogP contribution >= 0.6 is 0 Å². The van der Waals surface area contributed by atoms with Crippen molar-refractivity contribution in [2.75, 3.05) is 6.61 Å². The van der Waals surface area contributed by atoms with Crippen molar-refractivity contribution in [3.63, 3.8) is 0 Å². The Hall–Kier alpha value is -3.84. The lowest BCUT2D eigenvalue weighted by Crippen LogP contribution is -2.24. The number of fused-ring (bicyclic) bond motifs is 1. The van der Waals surface area contributed by atoms with Crippen LogP contribution < -0.4 is 10.4 Å². The second-order valence-electron chi connectivity index (χ2n) is 8.45. The molecule has 0 aliphatic heterocycles. The molecule has 4 aromatic rings. The van der Waals surface area contributed by atoms with Crippen molar-refractivity contribution in [1.29, 1.82) is 0 Å². The lowest BCUT2D eigenvalue weighted by molar-refractivity contribution is 0.371. The van der Waals surface area contributed by atoms with Crippen molar-refractivity contribution in [1.82, 2.24) is 9.55 Å². The average molecular weight is 437 g/mol. The largest absolute Gasteiger partial charge is 0.481 e. The van der Waals surface area contributed by atoms with Gasteiger partial charge in [-0.25, -0.2) is 4.79 Å². The van der Waals surface area contributed by atoms with E-state index in [1.807, 2.05) is 42.5 Å². The highest BCUT2D eigenvalue weighted by molar-refractivity contribution is 5.93. The highest BCUT2D eigenvalue weighted by Gasteiger charge is 2.14. The fourth-order valence-electron chi connectivity index (χ4n) is 4.00. The lowest BCUT2D eigenvalue weighted by Gasteiger charge is -2.15. The zero-order valence-electron chi connectivity index (χ0n) is 19.3. The molecule has 3 aromatic carbocycles. The molecule has 0 aliphatic carbocycles. The number of hydrogen-bond acceptors (Lipinski definition) is 3. The summed E-state index contributed by atoms with van der Waals surface area (Å²) in [5.74, 6) is 3.58. The first-order valence-corrected chi connectivity index (χ1v) is 11.3. The van der Waals surface area contributed by atoms with E-state index in [2.05, 4.69) is 55.9 Å². The number of rotatable bonds is 7. The van der Waals surface area contributed by atoms with Crippen LogP contribution in [0.25, 0.3) is 22.2 Å². The molecule has 0 aliphatic rings. The van der Waals surface area contributed by atoms with E-state index in [1.54, 1.807) is 4.57 Å². The van der Waals surface area contributed by atoms with E-state index in [9.17, 15) is 4.79 Å². The number of hydrogen-bond donors (Lipinski definition) is 0. The van der Waals surface area contributed by atoms with Gasteiger partial charge in [0.05, 0.1) is 17.8 Å². The molecular formula is C29H28N2O2. The van der Waals surface area contributed by atoms with Crippen LogP contribution in [-0.2, 0) is 13.0 Å². The van der Waals surface area contributed by atoms with Crippen LogP contribution in [-0.4, -0.2) is 16.2 Å². The number of nitrogens with zero attached hydrogens (tertiary/aromatic N) is 2. The summed E-state index contributed by atoms with van der Waals surface area (Å²) in [5, 5.41) is 0.855. The summed E-state index contributed by atoms with van der Waals surface area (Å²) in [6, 6.07) is 22.2. The Kier molecular flexibility index (Phi) is 6.60. The summed E-state index contributed by atoms with van der Waals surface area (Å²) in [6.45, 7) is 7.08. The normalized spacial score (nSPS) is 11.0. The number of aryl methyl sites for hydroxylation is 1. The average Bonchev–Trinajstić information content (AvgIpc) is 2.84. The van der Waals surface area contributed by atoms with E-state index in [4.69, 9.17) is 11.2 Å². The van der Waals surface area contributed by atoms with Gasteiger partial charge in [-0.15, -0.1) is 6.42 Å². The van der Waals surface area contributed by atoms with E-state index in [1.165, 1.54) is 11.1 Å². The maximum atomic E-state index is 13.2. The predicted octanol–water partition coefficient (Wildman–Crippen LogP) is 5.81. The van der Waals surface area contributed by atoms with Crippen LogP contribution in [0, 0.1) is 12.3 Å². The third kappa shape index (κ3) is 4.83. The first kappa shape index (κ1) is 22.4. The first-order valence-electron chi connectivity index (χ1n) is 11.3. The molecule has 166 valence electrons. The zero-order chi connectivity index (χ0) is 23.4. The minimum atomic E-state index is -0.273. The Labute approximate surface area is 194 Å². The van der Waals surface area contributed by atoms with Gasteiger partial charge in [0.1, 0.15) is 12.4 Å². The van der Waals surface area contributed by atoms with Crippen LogP contribution in [0.1, 0.15) is 43.4 Å². The topological polar surface area (TPSA) is 44.1 Å². The molecule has 1 aromatic heterocycles. The van der Waals surface area contributed by atoms with E-state index in [-0.39, 0.29) is 12.3 Å². The van der Waals surface area contributed by atoms with Crippen molar-refractivity contribution in [3.8, 4) is 29.4 Å². The first-order chi connectivity index (χ1) is 16.0. The van der Waals surface area contributed by atoms with E-state index < -0.39 is 0 Å². The van der Waals surface area contributed by atoms with Gasteiger partial charge in [-0.1, -0.05) is 75.2 Å². The molecule has 0 spiro atoms. The standard InChI is InChI=1S/C29H28N2O2/c1-5-16-33-25-14-15-27-26(18-25)28(24-12-10-23(11-13-24)20(3)4)30-29(32)31(27)19-22-9-7-8-21(6-2)17-22/h1,7-15,17-18,20H,6,16,19H2,2-4H3. The zero-order valence-corrected chi connectivity index (χ0v) is 19.3. The third-order valence-electron chi connectivity index (χ3n) is 5.87. The van der Waals surface area contributed by atoms with Gasteiger partial charge in [0.25, 0.3) is 0 Å². The molecule has 33 heavy (non-hydrogen) atoms. The minimum absolute atomic E-state index is 0.181. The van der Waals surface area contributed by atoms with Gasteiger partial charge in [0.15, 0.2) is 0 Å². The number of terminal acetylenes is 1. The molecule has 0 unspecified atom stereocenters. The Morgan fingerprint density at radius 1 is 1.03 bits per heavy atom. The van der Waals surface area contributed by atoms with Gasteiger partial charge in [-0.05, 0) is 47.2 Å². The summed E-state index contributed by atoms with van der Waals surface area (Å²) >= 11 is 0. The molecule has 0 saturated heterocycles. The van der Waals surface area contributed by atoms with Gasteiger partial charge in [0, 0.05) is 10.9 Å². The molecule has 1 heterocycles. The SMILES string of the molecule is C#CCOc1ccc2c(c1)c(-c1ccc(C(C)C)cc1)nc(=O)n2Cc1cccc(CC)c1. The van der Waals surface area contributed by atoms with E-state index in [0.29, 0.717) is 23.9 Å². The highest BCUT2D eigenvalue weighted by atomic mass is 16.5. The molecule has 0 atom stereocenters. The van der Waals surface area contributed by atoms with Crippen molar-refractivity contribution in [3.05, 3.63) is 93.9 Å². The summed E-state index contributed by atoms with van der Waals surface area (Å²) in [7, 11) is 0. The van der Waals surface area contributed by atoms with Crippen molar-refractivity contribution in [2.45, 2.75) is 39.7 Å². The molecule has 4 rings (SSSR count). The van der Waals surface area contributed by atoms with Gasteiger partial charge in [-0.3, -0.25) is 4.57 Å². The van der Waals surface area contributed by atoms with Crippen molar-refractivity contribution >= 4 is 10.9 Å². The number of aromatic nitrogens is 2. The maximum Gasteiger partial charge on any atom is 0.348 e. The number of ether oxygens (including phenoxy) is 1. The molecule has 4 nitrogen and oxygen atoms in total. The monoisotopic (exact) mass is 436 g/mol. The van der Waals surface area contributed by atoms with E-state index >= 15 is 0 Å². The predicted molar refractivity (Wildman–Crippen MR) is 135 cm³/mol. The van der Waals surface area contributed by atoms with Crippen LogP contribution in [0.5, 0.6) is 5.75 Å². The summed E-state index contributed by atoms with van der Waals surface area (Å²) in [6.07, 6.45) is 6.32. The van der Waals surface area contributed by atoms with Gasteiger partial charge in [-0.2, -0.15) is 4.98 Å². The second-order valence-corrected chi connectivity index (χ2v) is 8.45. The van der Waals surface area contributed by atoms with Crippen LogP contribution in [0.4, 0.5) is 0 Å². The Morgan fingerprint density at radius 3 is 2.48 bits per heavy atom. The Balaban J connectivity index is 1.88. The van der Waals surface area contributed by atoms with Crippen molar-refractivity contribution in [2.24, 2.45) is 0 Å². The van der Waals surface area contributed by atoms with Crippen LogP contribution in [0.15, 0.2) is 71.5 Å². The molecule has 0 radical (unpaired) electrons. The number of benzene rings is 3. The fourth-order valence-corrected chi connectivity index (χ4v) is 4.00.